The van der Waals surface area contributed by atoms with Gasteiger partial charge in [-0.2, -0.15) is 13.2 Å². The van der Waals surface area contributed by atoms with Crippen LogP contribution in [0.4, 0.5) is 24.5 Å². The molecule has 1 atom stereocenters. The van der Waals surface area contributed by atoms with Crippen molar-refractivity contribution in [2.45, 2.75) is 19.1 Å². The van der Waals surface area contributed by atoms with Gasteiger partial charge in [0.2, 0.25) is 5.91 Å². The molecule has 1 aliphatic rings. The summed E-state index contributed by atoms with van der Waals surface area (Å²) in [6, 6.07) is 3.21. The number of halogens is 3. The first-order valence-electron chi connectivity index (χ1n) is 4.67. The van der Waals surface area contributed by atoms with Gasteiger partial charge in [-0.15, -0.1) is 0 Å². The molecular weight excluding hydrogens is 221 g/mol. The second-order valence-electron chi connectivity index (χ2n) is 3.58. The van der Waals surface area contributed by atoms with Crippen LogP contribution in [0, 0.1) is 0 Å². The van der Waals surface area contributed by atoms with E-state index >= 15 is 0 Å². The molecule has 1 amide bonds. The predicted octanol–water partition coefficient (Wildman–Crippen LogP) is 2.46. The number of anilines is 2. The van der Waals surface area contributed by atoms with Crippen LogP contribution in [-0.4, -0.2) is 11.9 Å². The van der Waals surface area contributed by atoms with Crippen molar-refractivity contribution in [3.63, 3.8) is 0 Å². The molecule has 86 valence electrons. The molecule has 2 rings (SSSR count). The quantitative estimate of drug-likeness (QED) is 0.718. The Morgan fingerprint density at radius 3 is 2.62 bits per heavy atom. The first-order chi connectivity index (χ1) is 7.39. The smallest absolute Gasteiger partial charge is 0.372 e. The molecule has 0 aliphatic carbocycles. The van der Waals surface area contributed by atoms with Crippen LogP contribution < -0.4 is 10.6 Å². The maximum absolute atomic E-state index is 12.6. The van der Waals surface area contributed by atoms with Crippen LogP contribution in [0.5, 0.6) is 0 Å². The van der Waals surface area contributed by atoms with Gasteiger partial charge in [0.15, 0.2) is 0 Å². The van der Waals surface area contributed by atoms with Crippen LogP contribution in [0.2, 0.25) is 0 Å². The largest absolute Gasteiger partial charge is 0.418 e. The number of amides is 1. The van der Waals surface area contributed by atoms with Gasteiger partial charge < -0.3 is 10.6 Å². The fourth-order valence-corrected chi connectivity index (χ4v) is 1.57. The molecule has 1 heterocycles. The van der Waals surface area contributed by atoms with E-state index in [0.29, 0.717) is 5.69 Å². The van der Waals surface area contributed by atoms with Crippen molar-refractivity contribution in [2.75, 3.05) is 10.6 Å². The number of rotatable bonds is 0. The summed E-state index contributed by atoms with van der Waals surface area (Å²) in [6.45, 7) is 1.58. The first-order valence-corrected chi connectivity index (χ1v) is 4.67. The van der Waals surface area contributed by atoms with E-state index in [9.17, 15) is 18.0 Å². The summed E-state index contributed by atoms with van der Waals surface area (Å²) in [6.07, 6.45) is -4.47. The van der Waals surface area contributed by atoms with Crippen molar-refractivity contribution in [3.05, 3.63) is 23.8 Å². The summed E-state index contributed by atoms with van der Waals surface area (Å²) in [4.78, 5) is 11.3. The monoisotopic (exact) mass is 230 g/mol. The van der Waals surface area contributed by atoms with Crippen LogP contribution >= 0.6 is 0 Å². The third-order valence-electron chi connectivity index (χ3n) is 2.38. The summed E-state index contributed by atoms with van der Waals surface area (Å²) in [5.74, 6) is -0.468. The van der Waals surface area contributed by atoms with Gasteiger partial charge in [0.25, 0.3) is 0 Å². The van der Waals surface area contributed by atoms with Crippen LogP contribution in [0.15, 0.2) is 18.2 Å². The number of hydrogen-bond acceptors (Lipinski definition) is 2. The second-order valence-corrected chi connectivity index (χ2v) is 3.58. The molecule has 0 radical (unpaired) electrons. The summed E-state index contributed by atoms with van der Waals surface area (Å²) in [5, 5.41) is 4.97. The number of benzene rings is 1. The standard InChI is InChI=1S/C10H9F3N2O/c1-5-9(16)15-8-6(10(11,12)13)3-2-4-7(8)14-5/h2-5,14H,1H3,(H,15,16). The molecule has 0 saturated heterocycles. The number of carbonyl (C=O) groups excluding carboxylic acids is 1. The van der Waals surface area contributed by atoms with Crippen LogP contribution in [0.1, 0.15) is 12.5 Å². The highest BCUT2D eigenvalue weighted by atomic mass is 19.4. The molecule has 16 heavy (non-hydrogen) atoms. The van der Waals surface area contributed by atoms with Crippen molar-refractivity contribution in [2.24, 2.45) is 0 Å². The normalized spacial score (nSPS) is 19.8. The number of hydrogen-bond donors (Lipinski definition) is 2. The second kappa shape index (κ2) is 3.40. The van der Waals surface area contributed by atoms with E-state index in [1.807, 2.05) is 0 Å². The van der Waals surface area contributed by atoms with E-state index < -0.39 is 23.7 Å². The lowest BCUT2D eigenvalue weighted by atomic mass is 10.1. The Kier molecular flexibility index (Phi) is 2.29. The number of alkyl halides is 3. The SMILES string of the molecule is CC1Nc2cccc(C(F)(F)F)c2NC1=O. The minimum Gasteiger partial charge on any atom is -0.372 e. The van der Waals surface area contributed by atoms with E-state index in [4.69, 9.17) is 0 Å². The van der Waals surface area contributed by atoms with Gasteiger partial charge >= 0.3 is 6.18 Å². The van der Waals surface area contributed by atoms with E-state index in [1.165, 1.54) is 12.1 Å². The molecule has 1 unspecified atom stereocenters. The van der Waals surface area contributed by atoms with Gasteiger partial charge in [-0.05, 0) is 19.1 Å². The van der Waals surface area contributed by atoms with Gasteiger partial charge in [-0.3, -0.25) is 4.79 Å². The Morgan fingerprint density at radius 1 is 1.31 bits per heavy atom. The van der Waals surface area contributed by atoms with E-state index in [2.05, 4.69) is 10.6 Å². The average molecular weight is 230 g/mol. The minimum absolute atomic E-state index is 0.196. The molecular formula is C10H9F3N2O. The van der Waals surface area contributed by atoms with Crippen LogP contribution in [0.3, 0.4) is 0 Å². The molecule has 0 fully saturated rings. The topological polar surface area (TPSA) is 41.1 Å². The third kappa shape index (κ3) is 1.70. The highest BCUT2D eigenvalue weighted by molar-refractivity contribution is 6.03. The third-order valence-corrected chi connectivity index (χ3v) is 2.38. The zero-order valence-electron chi connectivity index (χ0n) is 8.35. The molecule has 6 heteroatoms. The fraction of sp³-hybridized carbons (Fsp3) is 0.300. The summed E-state index contributed by atoms with van der Waals surface area (Å²) in [5.41, 5.74) is -0.738. The summed E-state index contributed by atoms with van der Waals surface area (Å²) in [7, 11) is 0. The molecule has 1 aromatic rings. The maximum Gasteiger partial charge on any atom is 0.418 e. The average Bonchev–Trinajstić information content (AvgIpc) is 2.17. The van der Waals surface area contributed by atoms with E-state index in [0.717, 1.165) is 6.07 Å². The lowest BCUT2D eigenvalue weighted by Crippen LogP contribution is -2.37. The molecule has 1 aromatic carbocycles. The van der Waals surface area contributed by atoms with E-state index in [-0.39, 0.29) is 5.69 Å². The Morgan fingerprint density at radius 2 is 2.00 bits per heavy atom. The number of nitrogens with one attached hydrogen (secondary N) is 2. The van der Waals surface area contributed by atoms with Gasteiger partial charge in [-0.1, -0.05) is 6.07 Å². The molecule has 3 nitrogen and oxygen atoms in total. The minimum atomic E-state index is -4.47. The molecule has 0 aromatic heterocycles. The van der Waals surface area contributed by atoms with Gasteiger partial charge in [0.1, 0.15) is 6.04 Å². The van der Waals surface area contributed by atoms with Crippen molar-refractivity contribution in [1.82, 2.24) is 0 Å². The number of para-hydroxylation sites is 1. The van der Waals surface area contributed by atoms with Gasteiger partial charge in [-0.25, -0.2) is 0 Å². The Labute approximate surface area is 89.6 Å². The lowest BCUT2D eigenvalue weighted by Gasteiger charge is -2.26. The highest BCUT2D eigenvalue weighted by Crippen LogP contribution is 2.40. The highest BCUT2D eigenvalue weighted by Gasteiger charge is 2.36. The Bertz CT molecular complexity index is 442. The van der Waals surface area contributed by atoms with Crippen LogP contribution in [0.25, 0.3) is 0 Å². The van der Waals surface area contributed by atoms with E-state index in [1.54, 1.807) is 6.92 Å². The zero-order valence-corrected chi connectivity index (χ0v) is 8.35. The zero-order chi connectivity index (χ0) is 11.9. The molecule has 1 aliphatic heterocycles. The molecule has 0 spiro atoms. The van der Waals surface area contributed by atoms with Gasteiger partial charge in [0.05, 0.1) is 16.9 Å². The maximum atomic E-state index is 12.6. The Hall–Kier alpha value is -1.72. The molecule has 0 bridgehead atoms. The van der Waals surface area contributed by atoms with Crippen molar-refractivity contribution in [1.29, 1.82) is 0 Å². The summed E-state index contributed by atoms with van der Waals surface area (Å²) < 4.78 is 37.9. The molecule has 2 N–H and O–H groups in total. The number of carbonyl (C=O) groups is 1. The Balaban J connectivity index is 2.53. The van der Waals surface area contributed by atoms with Crippen molar-refractivity contribution >= 4 is 17.3 Å². The summed E-state index contributed by atoms with van der Waals surface area (Å²) >= 11 is 0. The molecule has 0 saturated carbocycles. The van der Waals surface area contributed by atoms with Crippen molar-refractivity contribution in [3.8, 4) is 0 Å². The fourth-order valence-electron chi connectivity index (χ4n) is 1.57. The lowest BCUT2D eigenvalue weighted by molar-refractivity contribution is -0.137. The van der Waals surface area contributed by atoms with Crippen molar-refractivity contribution < 1.29 is 18.0 Å². The van der Waals surface area contributed by atoms with Crippen LogP contribution in [-0.2, 0) is 11.0 Å². The predicted molar refractivity (Wildman–Crippen MR) is 53.2 cm³/mol. The van der Waals surface area contributed by atoms with Gasteiger partial charge in [0, 0.05) is 0 Å². The number of fused-ring (bicyclic) bond motifs is 1. The first kappa shape index (κ1) is 10.8.